The summed E-state index contributed by atoms with van der Waals surface area (Å²) < 4.78 is 4.20. The Morgan fingerprint density at radius 2 is 2.19 bits per heavy atom. The summed E-state index contributed by atoms with van der Waals surface area (Å²) in [5.74, 6) is -2.14. The van der Waals surface area contributed by atoms with Crippen molar-refractivity contribution in [2.24, 2.45) is 17.6 Å². The van der Waals surface area contributed by atoms with E-state index in [-0.39, 0.29) is 23.6 Å². The van der Waals surface area contributed by atoms with Gasteiger partial charge in [0.2, 0.25) is 15.8 Å². The molecule has 0 spiro atoms. The first kappa shape index (κ1) is 22.3. The zero-order chi connectivity index (χ0) is 22.4. The van der Waals surface area contributed by atoms with E-state index in [9.17, 15) is 19.8 Å². The van der Waals surface area contributed by atoms with E-state index in [1.165, 1.54) is 16.2 Å². The molecule has 5 N–H and O–H groups in total. The molecule has 2 aliphatic heterocycles. The first-order valence-electron chi connectivity index (χ1n) is 10.3. The van der Waals surface area contributed by atoms with Crippen LogP contribution in [0.2, 0.25) is 0 Å². The van der Waals surface area contributed by atoms with Crippen LogP contribution < -0.4 is 15.6 Å². The molecule has 0 bridgehead atoms. The number of carbonyl (C=O) groups excluding carboxylic acids is 1. The number of nitrogens with zero attached hydrogens (tertiary/aromatic N) is 3. The lowest BCUT2D eigenvalue weighted by Gasteiger charge is -2.46. The number of imidazole rings is 1. The third-order valence-corrected chi connectivity index (χ3v) is 8.18. The molecule has 0 saturated carbocycles. The first-order valence-corrected chi connectivity index (χ1v) is 12.3. The van der Waals surface area contributed by atoms with Crippen molar-refractivity contribution < 1.29 is 24.4 Å². The second kappa shape index (κ2) is 8.55. The number of hydrogen-bond acceptors (Lipinski definition) is 7. The van der Waals surface area contributed by atoms with Crippen LogP contribution in [-0.2, 0) is 16.1 Å². The molecule has 11 heteroatoms. The van der Waals surface area contributed by atoms with E-state index in [0.29, 0.717) is 12.1 Å². The predicted molar refractivity (Wildman–Crippen MR) is 119 cm³/mol. The maximum Gasteiger partial charge on any atom is 0.352 e. The number of rotatable bonds is 9. The molecule has 31 heavy (non-hydrogen) atoms. The Morgan fingerprint density at radius 1 is 1.45 bits per heavy atom. The minimum Gasteiger partial charge on any atom is -0.477 e. The highest BCUT2D eigenvalue weighted by Gasteiger charge is 2.60. The zero-order valence-electron chi connectivity index (χ0n) is 17.7. The number of β-lactam (4-membered cyclic amide) rings is 1. The summed E-state index contributed by atoms with van der Waals surface area (Å²) in [6.45, 7) is 6.52. The number of carboxylic acid groups (broad SMARTS) is 1. The number of aliphatic hydroxyl groups excluding tert-OH is 1. The molecule has 2 aromatic rings. The van der Waals surface area contributed by atoms with Crippen LogP contribution in [0.4, 0.5) is 0 Å². The van der Waals surface area contributed by atoms with Gasteiger partial charge in [-0.05, 0) is 13.2 Å². The fraction of sp³-hybridized carbons (Fsp3) is 0.550. The van der Waals surface area contributed by atoms with Crippen LogP contribution in [0, 0.1) is 11.8 Å². The van der Waals surface area contributed by atoms with E-state index < -0.39 is 18.0 Å². The quantitative estimate of drug-likeness (QED) is 0.180. The topological polar surface area (TPSA) is 124 Å². The van der Waals surface area contributed by atoms with Crippen LogP contribution in [0.1, 0.15) is 18.7 Å². The van der Waals surface area contributed by atoms with Gasteiger partial charge in [0.05, 0.1) is 22.9 Å². The van der Waals surface area contributed by atoms with Crippen molar-refractivity contribution in [2.45, 2.75) is 37.6 Å². The van der Waals surface area contributed by atoms with Crippen LogP contribution in [0.15, 0.2) is 23.2 Å². The summed E-state index contributed by atoms with van der Waals surface area (Å²) in [5.41, 5.74) is 6.25. The number of fused-ring (bicyclic) bond motifs is 2. The van der Waals surface area contributed by atoms with Gasteiger partial charge in [-0.2, -0.15) is 4.40 Å². The molecule has 0 aliphatic carbocycles. The second-order valence-corrected chi connectivity index (χ2v) is 9.81. The van der Waals surface area contributed by atoms with Gasteiger partial charge in [-0.1, -0.05) is 30.0 Å². The van der Waals surface area contributed by atoms with Gasteiger partial charge >= 0.3 is 5.97 Å². The number of aromatic nitrogens is 2. The van der Waals surface area contributed by atoms with Crippen molar-refractivity contribution >= 4 is 45.4 Å². The number of amides is 1. The van der Waals surface area contributed by atoms with Gasteiger partial charge in [0.25, 0.3) is 6.33 Å². The van der Waals surface area contributed by atoms with Crippen LogP contribution in [0.5, 0.6) is 0 Å². The lowest BCUT2D eigenvalue weighted by Crippen LogP contribution is -2.63. The second-order valence-electron chi connectivity index (χ2n) is 7.99. The number of carboxylic acids is 1. The molecule has 4 rings (SSSR count). The molecular weight excluding hydrogens is 438 g/mol. The minimum absolute atomic E-state index is 0.0495. The Kier molecular flexibility index (Phi) is 6.14. The lowest BCUT2D eigenvalue weighted by molar-refractivity contribution is -0.728. The summed E-state index contributed by atoms with van der Waals surface area (Å²) in [5, 5.41) is 24.3. The molecule has 0 aromatic carbocycles. The SMILES string of the molecule is CSc1c2sc(C3=C(C(=O)O)N4C(=O)[C@H]([C@@H](C)O)[C@H]4[C@H]3C)cn2c[n+]1CCNCCN. The van der Waals surface area contributed by atoms with Crippen LogP contribution in [0.3, 0.4) is 0 Å². The number of aliphatic carboxylic acids is 1. The Balaban J connectivity index is 1.70. The Bertz CT molecular complexity index is 1060. The molecule has 4 atom stereocenters. The van der Waals surface area contributed by atoms with E-state index >= 15 is 0 Å². The molecule has 1 saturated heterocycles. The summed E-state index contributed by atoms with van der Waals surface area (Å²) in [7, 11) is 0. The molecule has 1 amide bonds. The number of aliphatic hydroxyl groups is 1. The predicted octanol–water partition coefficient (Wildman–Crippen LogP) is 0.212. The smallest absolute Gasteiger partial charge is 0.352 e. The van der Waals surface area contributed by atoms with Gasteiger partial charge in [0.15, 0.2) is 0 Å². The highest BCUT2D eigenvalue weighted by molar-refractivity contribution is 7.98. The maximum absolute atomic E-state index is 12.6. The summed E-state index contributed by atoms with van der Waals surface area (Å²) in [6.07, 6.45) is 5.19. The van der Waals surface area contributed by atoms with Crippen molar-refractivity contribution in [1.29, 1.82) is 0 Å². The standard InChI is InChI=1S/C20H27N5O4S2/c1-10-13(16(20(28)29)25-15(10)14(11(2)26)17(25)27)12-8-24-9-23(7-6-22-5-4-21)18(30-3)19(24)31-12/h8-11,14-15,22,26H,4-7,21H2,1-3H3/p+1/t10-,11+,14+,15+/m0/s1. The number of nitrogens with two attached hydrogens (primary N) is 1. The molecule has 0 unspecified atom stereocenters. The van der Waals surface area contributed by atoms with Crippen molar-refractivity contribution in [2.75, 3.05) is 25.9 Å². The molecule has 1 fully saturated rings. The van der Waals surface area contributed by atoms with Crippen LogP contribution in [0.25, 0.3) is 10.4 Å². The Hall–Kier alpha value is -1.92. The average molecular weight is 467 g/mol. The third-order valence-electron chi connectivity index (χ3n) is 6.09. The highest BCUT2D eigenvalue weighted by Crippen LogP contribution is 2.51. The van der Waals surface area contributed by atoms with E-state index in [1.54, 1.807) is 18.7 Å². The number of hydrogen-bond donors (Lipinski definition) is 4. The fourth-order valence-corrected chi connectivity index (χ4v) is 6.95. The largest absolute Gasteiger partial charge is 0.477 e. The number of carbonyl (C=O) groups is 2. The normalized spacial score (nSPS) is 24.1. The van der Waals surface area contributed by atoms with Gasteiger partial charge in [-0.25, -0.2) is 9.36 Å². The van der Waals surface area contributed by atoms with E-state index in [1.807, 2.05) is 30.1 Å². The molecular formula is C20H28N5O4S2+. The molecule has 168 valence electrons. The monoisotopic (exact) mass is 466 g/mol. The number of thioether (sulfide) groups is 1. The highest BCUT2D eigenvalue weighted by atomic mass is 32.2. The zero-order valence-corrected chi connectivity index (χ0v) is 19.4. The van der Waals surface area contributed by atoms with E-state index in [0.717, 1.165) is 34.4 Å². The van der Waals surface area contributed by atoms with Gasteiger partial charge in [0, 0.05) is 31.1 Å². The maximum atomic E-state index is 12.6. The molecule has 0 radical (unpaired) electrons. The number of nitrogens with one attached hydrogen (secondary N) is 1. The molecule has 2 aromatic heterocycles. The third kappa shape index (κ3) is 3.48. The molecule has 4 heterocycles. The number of thiazole rings is 1. The first-order chi connectivity index (χ1) is 14.8. The average Bonchev–Trinajstić information content (AvgIpc) is 3.32. The van der Waals surface area contributed by atoms with Gasteiger partial charge in [-0.15, -0.1) is 0 Å². The van der Waals surface area contributed by atoms with E-state index in [4.69, 9.17) is 5.73 Å². The van der Waals surface area contributed by atoms with Crippen molar-refractivity contribution in [3.63, 3.8) is 0 Å². The van der Waals surface area contributed by atoms with Crippen LogP contribution in [-0.4, -0.2) is 69.4 Å². The summed E-state index contributed by atoms with van der Waals surface area (Å²) >= 11 is 3.18. The summed E-state index contributed by atoms with van der Waals surface area (Å²) in [4.78, 5) is 27.9. The summed E-state index contributed by atoms with van der Waals surface area (Å²) in [6, 6.07) is -0.311. The van der Waals surface area contributed by atoms with E-state index in [2.05, 4.69) is 9.88 Å². The molecule has 9 nitrogen and oxygen atoms in total. The lowest BCUT2D eigenvalue weighted by atomic mass is 9.77. The van der Waals surface area contributed by atoms with Gasteiger partial charge in [-0.3, -0.25) is 4.79 Å². The Morgan fingerprint density at radius 3 is 2.81 bits per heavy atom. The molecule has 2 aliphatic rings. The van der Waals surface area contributed by atoms with Gasteiger partial charge < -0.3 is 26.2 Å². The van der Waals surface area contributed by atoms with Crippen molar-refractivity contribution in [3.8, 4) is 0 Å². The van der Waals surface area contributed by atoms with Gasteiger partial charge in [0.1, 0.15) is 18.4 Å². The van der Waals surface area contributed by atoms with Crippen LogP contribution >= 0.6 is 23.1 Å². The van der Waals surface area contributed by atoms with Crippen molar-refractivity contribution in [1.82, 2.24) is 14.6 Å². The minimum atomic E-state index is -1.11. The van der Waals surface area contributed by atoms with Crippen molar-refractivity contribution in [3.05, 3.63) is 23.1 Å². The Labute approximate surface area is 188 Å². The fourth-order valence-electron chi connectivity index (χ4n) is 4.74.